The Morgan fingerprint density at radius 1 is 1.20 bits per heavy atom. The highest BCUT2D eigenvalue weighted by Crippen LogP contribution is 2.26. The Morgan fingerprint density at radius 3 is 2.60 bits per heavy atom. The van der Waals surface area contributed by atoms with Crippen LogP contribution in [0.5, 0.6) is 0 Å². The molecule has 0 aliphatic carbocycles. The van der Waals surface area contributed by atoms with Crippen LogP contribution in [0.15, 0.2) is 37.2 Å². The van der Waals surface area contributed by atoms with Crippen LogP contribution in [0.3, 0.4) is 0 Å². The molecule has 3 aromatic heterocycles. The van der Waals surface area contributed by atoms with Crippen molar-refractivity contribution in [3.05, 3.63) is 59.7 Å². The van der Waals surface area contributed by atoms with Crippen LogP contribution in [-0.2, 0) is 0 Å². The Kier molecular flexibility index (Phi) is 2.75. The van der Waals surface area contributed by atoms with Crippen molar-refractivity contribution >= 4 is 17.0 Å². The first-order chi connectivity index (χ1) is 9.56. The zero-order valence-electron chi connectivity index (χ0n) is 11.5. The molecule has 0 bridgehead atoms. The molecule has 0 spiro atoms. The van der Waals surface area contributed by atoms with Crippen LogP contribution in [0.1, 0.15) is 22.5 Å². The average Bonchev–Trinajstić information content (AvgIpc) is 2.84. The maximum atomic E-state index is 5.66. The molecule has 20 heavy (non-hydrogen) atoms. The van der Waals surface area contributed by atoms with Crippen molar-refractivity contribution in [2.75, 3.05) is 5.73 Å². The Bertz CT molecular complexity index is 793. The number of nitrogen functional groups attached to an aromatic ring is 1. The van der Waals surface area contributed by atoms with E-state index in [0.29, 0.717) is 5.95 Å². The summed E-state index contributed by atoms with van der Waals surface area (Å²) < 4.78 is 1.82. The van der Waals surface area contributed by atoms with Crippen molar-refractivity contribution < 1.29 is 0 Å². The summed E-state index contributed by atoms with van der Waals surface area (Å²) in [6, 6.07) is 5.98. The fourth-order valence-corrected chi connectivity index (χ4v) is 2.43. The summed E-state index contributed by atoms with van der Waals surface area (Å²) in [5, 5.41) is 4.18. The molecular formula is C15H15N5. The van der Waals surface area contributed by atoms with E-state index >= 15 is 0 Å². The predicted octanol–water partition coefficient (Wildman–Crippen LogP) is 2.38. The van der Waals surface area contributed by atoms with Gasteiger partial charge in [-0.25, -0.2) is 14.5 Å². The largest absolute Gasteiger partial charge is 0.368 e. The van der Waals surface area contributed by atoms with Gasteiger partial charge in [-0.1, -0.05) is 6.58 Å². The van der Waals surface area contributed by atoms with E-state index in [-0.39, 0.29) is 0 Å². The number of aryl methyl sites for hydroxylation is 2. The number of rotatable bonds is 2. The Hall–Kier alpha value is -2.69. The van der Waals surface area contributed by atoms with Gasteiger partial charge in [0, 0.05) is 18.0 Å². The van der Waals surface area contributed by atoms with E-state index in [1.165, 1.54) is 0 Å². The molecule has 0 fully saturated rings. The Balaban J connectivity index is 2.12. The normalized spacial score (nSPS) is 10.9. The average molecular weight is 265 g/mol. The van der Waals surface area contributed by atoms with Crippen molar-refractivity contribution in [2.24, 2.45) is 0 Å². The van der Waals surface area contributed by atoms with E-state index in [4.69, 9.17) is 5.73 Å². The van der Waals surface area contributed by atoms with Crippen LogP contribution in [0.2, 0.25) is 0 Å². The molecule has 2 N–H and O–H groups in total. The van der Waals surface area contributed by atoms with E-state index < -0.39 is 0 Å². The second-order valence-electron chi connectivity index (χ2n) is 4.72. The minimum atomic E-state index is 0.294. The number of pyridine rings is 1. The van der Waals surface area contributed by atoms with Crippen molar-refractivity contribution in [3.63, 3.8) is 0 Å². The molecule has 0 atom stereocenters. The SMILES string of the molecule is C=C(c1ccn2nccc2c1)c1c(C)nc(N)nc1C. The fraction of sp³-hybridized carbons (Fsp3) is 0.133. The zero-order valence-corrected chi connectivity index (χ0v) is 11.5. The van der Waals surface area contributed by atoms with Crippen LogP contribution < -0.4 is 5.73 Å². The highest BCUT2D eigenvalue weighted by Gasteiger charge is 2.12. The van der Waals surface area contributed by atoms with Crippen molar-refractivity contribution in [2.45, 2.75) is 13.8 Å². The number of hydrogen-bond acceptors (Lipinski definition) is 4. The summed E-state index contributed by atoms with van der Waals surface area (Å²) in [5.74, 6) is 0.294. The number of aromatic nitrogens is 4. The molecule has 5 nitrogen and oxygen atoms in total. The molecule has 0 saturated heterocycles. The van der Waals surface area contributed by atoms with Gasteiger partial charge < -0.3 is 5.73 Å². The standard InChI is InChI=1S/C15H15N5/c1-9(14-10(2)18-15(16)19-11(14)3)12-5-7-20-13(8-12)4-6-17-20/h4-8H,1H2,2-3H3,(H2,16,18,19). The van der Waals surface area contributed by atoms with Crippen LogP contribution in [-0.4, -0.2) is 19.6 Å². The molecule has 0 aliphatic heterocycles. The summed E-state index contributed by atoms with van der Waals surface area (Å²) in [6.45, 7) is 8.03. The van der Waals surface area contributed by atoms with Gasteiger partial charge in [0.15, 0.2) is 0 Å². The molecule has 0 saturated carbocycles. The van der Waals surface area contributed by atoms with Crippen LogP contribution in [0, 0.1) is 13.8 Å². The van der Waals surface area contributed by atoms with Crippen LogP contribution in [0.25, 0.3) is 11.1 Å². The molecule has 0 unspecified atom stereocenters. The first kappa shape index (κ1) is 12.3. The number of anilines is 1. The predicted molar refractivity (Wildman–Crippen MR) is 79.2 cm³/mol. The maximum Gasteiger partial charge on any atom is 0.220 e. The third-order valence-corrected chi connectivity index (χ3v) is 3.34. The maximum absolute atomic E-state index is 5.66. The molecule has 5 heteroatoms. The zero-order chi connectivity index (χ0) is 14.3. The number of nitrogens with two attached hydrogens (primary N) is 1. The lowest BCUT2D eigenvalue weighted by Crippen LogP contribution is -2.04. The molecule has 0 aliphatic rings. The summed E-state index contributed by atoms with van der Waals surface area (Å²) in [5.41, 5.74) is 11.2. The first-order valence-corrected chi connectivity index (χ1v) is 6.30. The van der Waals surface area contributed by atoms with Crippen molar-refractivity contribution in [1.82, 2.24) is 19.6 Å². The van der Waals surface area contributed by atoms with Crippen molar-refractivity contribution in [1.29, 1.82) is 0 Å². The summed E-state index contributed by atoms with van der Waals surface area (Å²) in [6.07, 6.45) is 3.68. The number of hydrogen-bond donors (Lipinski definition) is 1. The molecule has 0 amide bonds. The van der Waals surface area contributed by atoms with Gasteiger partial charge in [-0.3, -0.25) is 0 Å². The van der Waals surface area contributed by atoms with Gasteiger partial charge in [-0.05, 0) is 43.2 Å². The molecule has 0 radical (unpaired) electrons. The quantitative estimate of drug-likeness (QED) is 0.772. The van der Waals surface area contributed by atoms with E-state index in [0.717, 1.165) is 33.6 Å². The minimum absolute atomic E-state index is 0.294. The van der Waals surface area contributed by atoms with Gasteiger partial charge in [0.25, 0.3) is 0 Å². The lowest BCUT2D eigenvalue weighted by molar-refractivity contribution is 0.960. The molecule has 3 heterocycles. The third kappa shape index (κ3) is 1.93. The summed E-state index contributed by atoms with van der Waals surface area (Å²) in [7, 11) is 0. The Labute approximate surface area is 116 Å². The minimum Gasteiger partial charge on any atom is -0.368 e. The van der Waals surface area contributed by atoms with Gasteiger partial charge in [-0.2, -0.15) is 5.10 Å². The fourth-order valence-electron chi connectivity index (χ4n) is 2.43. The van der Waals surface area contributed by atoms with E-state index in [2.05, 4.69) is 21.6 Å². The van der Waals surface area contributed by atoms with Gasteiger partial charge in [-0.15, -0.1) is 0 Å². The van der Waals surface area contributed by atoms with Crippen LogP contribution >= 0.6 is 0 Å². The van der Waals surface area contributed by atoms with E-state index in [9.17, 15) is 0 Å². The van der Waals surface area contributed by atoms with E-state index in [1.807, 2.05) is 42.8 Å². The van der Waals surface area contributed by atoms with E-state index in [1.54, 1.807) is 6.20 Å². The lowest BCUT2D eigenvalue weighted by atomic mass is 9.98. The van der Waals surface area contributed by atoms with Crippen molar-refractivity contribution in [3.8, 4) is 0 Å². The first-order valence-electron chi connectivity index (χ1n) is 6.30. The number of fused-ring (bicyclic) bond motifs is 1. The highest BCUT2D eigenvalue weighted by molar-refractivity contribution is 5.81. The smallest absolute Gasteiger partial charge is 0.220 e. The molecule has 3 aromatic rings. The molecule has 3 rings (SSSR count). The lowest BCUT2D eigenvalue weighted by Gasteiger charge is -2.12. The van der Waals surface area contributed by atoms with Gasteiger partial charge in [0.2, 0.25) is 5.95 Å². The summed E-state index contributed by atoms with van der Waals surface area (Å²) in [4.78, 5) is 8.44. The van der Waals surface area contributed by atoms with Gasteiger partial charge >= 0.3 is 0 Å². The molecule has 100 valence electrons. The monoisotopic (exact) mass is 265 g/mol. The van der Waals surface area contributed by atoms with Gasteiger partial charge in [0.1, 0.15) is 0 Å². The molecule has 0 aromatic carbocycles. The van der Waals surface area contributed by atoms with Crippen LogP contribution in [0.4, 0.5) is 5.95 Å². The summed E-state index contributed by atoms with van der Waals surface area (Å²) >= 11 is 0. The Morgan fingerprint density at radius 2 is 1.90 bits per heavy atom. The topological polar surface area (TPSA) is 69.1 Å². The second-order valence-corrected chi connectivity index (χ2v) is 4.72. The second kappa shape index (κ2) is 4.45. The highest BCUT2D eigenvalue weighted by atomic mass is 15.2. The molecular weight excluding hydrogens is 250 g/mol. The van der Waals surface area contributed by atoms with Gasteiger partial charge in [0.05, 0.1) is 16.9 Å². The third-order valence-electron chi connectivity index (χ3n) is 3.34. The number of nitrogens with zero attached hydrogens (tertiary/aromatic N) is 4.